The van der Waals surface area contributed by atoms with E-state index in [0.29, 0.717) is 18.9 Å². The largest absolute Gasteiger partial charge is 0.502 e. The van der Waals surface area contributed by atoms with Crippen LogP contribution in [0.3, 0.4) is 0 Å². The van der Waals surface area contributed by atoms with Gasteiger partial charge in [0.25, 0.3) is 9.84 Å². The monoisotopic (exact) mass is 375 g/mol. The SMILES string of the molecule is O=S(=O)(c1ccc(F)c(S(=O)(=O)C(F)(F)F)c1)N1CCCCC1. The van der Waals surface area contributed by atoms with E-state index in [0.717, 1.165) is 16.8 Å². The molecule has 1 heterocycles. The summed E-state index contributed by atoms with van der Waals surface area (Å²) in [5, 5.41) is 0. The van der Waals surface area contributed by atoms with Gasteiger partial charge in [0, 0.05) is 13.1 Å². The smallest absolute Gasteiger partial charge is 0.214 e. The fourth-order valence-electron chi connectivity index (χ4n) is 2.23. The standard InChI is InChI=1S/C12H13F4NO4S2/c13-10-5-4-9(8-11(10)22(18,19)12(14,15)16)23(20,21)17-6-2-1-3-7-17/h4-5,8H,1-3,6-7H2. The third-order valence-electron chi connectivity index (χ3n) is 3.45. The van der Waals surface area contributed by atoms with E-state index < -0.39 is 41.0 Å². The number of piperidine rings is 1. The lowest BCUT2D eigenvalue weighted by Crippen LogP contribution is -2.35. The molecule has 0 aromatic heterocycles. The van der Waals surface area contributed by atoms with Crippen LogP contribution in [0.2, 0.25) is 0 Å². The van der Waals surface area contributed by atoms with E-state index in [1.54, 1.807) is 0 Å². The molecular formula is C12H13F4NO4S2. The van der Waals surface area contributed by atoms with E-state index in [1.165, 1.54) is 0 Å². The fourth-order valence-corrected chi connectivity index (χ4v) is 4.70. The van der Waals surface area contributed by atoms with Crippen LogP contribution in [-0.2, 0) is 19.9 Å². The van der Waals surface area contributed by atoms with Crippen molar-refractivity contribution < 1.29 is 34.4 Å². The maximum atomic E-state index is 13.5. The number of sulfone groups is 1. The highest BCUT2D eigenvalue weighted by atomic mass is 32.2. The zero-order chi connectivity index (χ0) is 17.5. The first-order chi connectivity index (χ1) is 10.5. The topological polar surface area (TPSA) is 71.5 Å². The molecule has 0 unspecified atom stereocenters. The Morgan fingerprint density at radius 1 is 0.957 bits per heavy atom. The van der Waals surface area contributed by atoms with Crippen molar-refractivity contribution >= 4 is 19.9 Å². The predicted octanol–water partition coefficient (Wildman–Crippen LogP) is 2.29. The number of alkyl halides is 3. The number of rotatable bonds is 3. The van der Waals surface area contributed by atoms with Crippen LogP contribution in [0.15, 0.2) is 28.0 Å². The summed E-state index contributed by atoms with van der Waals surface area (Å²) in [7, 11) is -10.2. The van der Waals surface area contributed by atoms with Crippen LogP contribution < -0.4 is 0 Å². The van der Waals surface area contributed by atoms with Crippen LogP contribution in [0.4, 0.5) is 17.6 Å². The highest BCUT2D eigenvalue weighted by molar-refractivity contribution is 7.92. The molecule has 0 atom stereocenters. The Bertz CT molecular complexity index is 797. The van der Waals surface area contributed by atoms with Gasteiger partial charge in [0.2, 0.25) is 10.0 Å². The van der Waals surface area contributed by atoms with Gasteiger partial charge in [0.1, 0.15) is 10.7 Å². The normalized spacial score (nSPS) is 18.1. The summed E-state index contributed by atoms with van der Waals surface area (Å²) < 4.78 is 99.7. The molecule has 2 rings (SSSR count). The van der Waals surface area contributed by atoms with Crippen molar-refractivity contribution in [3.05, 3.63) is 24.0 Å². The lowest BCUT2D eigenvalue weighted by atomic mass is 10.2. The molecule has 1 aliphatic heterocycles. The number of nitrogens with zero attached hydrogens (tertiary/aromatic N) is 1. The molecule has 130 valence electrons. The van der Waals surface area contributed by atoms with E-state index in [1.807, 2.05) is 0 Å². The maximum absolute atomic E-state index is 13.5. The molecule has 1 aromatic carbocycles. The van der Waals surface area contributed by atoms with Gasteiger partial charge in [-0.15, -0.1) is 0 Å². The fraction of sp³-hybridized carbons (Fsp3) is 0.500. The summed E-state index contributed by atoms with van der Waals surface area (Å²) in [6, 6.07) is 1.40. The summed E-state index contributed by atoms with van der Waals surface area (Å²) in [6.07, 6.45) is 2.01. The third-order valence-corrected chi connectivity index (χ3v) is 6.85. The van der Waals surface area contributed by atoms with E-state index in [9.17, 15) is 34.4 Å². The second-order valence-electron chi connectivity index (χ2n) is 5.01. The lowest BCUT2D eigenvalue weighted by Gasteiger charge is -2.26. The van der Waals surface area contributed by atoms with Crippen LogP contribution in [-0.4, -0.2) is 39.7 Å². The Hall–Kier alpha value is -1.20. The highest BCUT2D eigenvalue weighted by Crippen LogP contribution is 2.33. The average molecular weight is 375 g/mol. The zero-order valence-electron chi connectivity index (χ0n) is 11.7. The van der Waals surface area contributed by atoms with Gasteiger partial charge < -0.3 is 0 Å². The van der Waals surface area contributed by atoms with Crippen LogP contribution in [0.1, 0.15) is 19.3 Å². The molecule has 1 saturated heterocycles. The molecule has 5 nitrogen and oxygen atoms in total. The molecule has 0 saturated carbocycles. The average Bonchev–Trinajstić information content (AvgIpc) is 2.47. The number of benzene rings is 1. The molecule has 1 aliphatic rings. The summed E-state index contributed by atoms with van der Waals surface area (Å²) in [5.41, 5.74) is -5.72. The minimum Gasteiger partial charge on any atom is -0.214 e. The second kappa shape index (κ2) is 6.02. The van der Waals surface area contributed by atoms with Crippen molar-refractivity contribution in [3.8, 4) is 0 Å². The molecule has 23 heavy (non-hydrogen) atoms. The summed E-state index contributed by atoms with van der Waals surface area (Å²) in [5.74, 6) is -1.65. The highest BCUT2D eigenvalue weighted by Gasteiger charge is 2.48. The lowest BCUT2D eigenvalue weighted by molar-refractivity contribution is -0.0437. The number of hydrogen-bond donors (Lipinski definition) is 0. The van der Waals surface area contributed by atoms with Gasteiger partial charge in [-0.25, -0.2) is 21.2 Å². The molecule has 0 aliphatic carbocycles. The van der Waals surface area contributed by atoms with Gasteiger partial charge in [0.05, 0.1) is 4.90 Å². The van der Waals surface area contributed by atoms with E-state index in [4.69, 9.17) is 0 Å². The third kappa shape index (κ3) is 3.36. The molecule has 0 radical (unpaired) electrons. The van der Waals surface area contributed by atoms with Crippen LogP contribution in [0.25, 0.3) is 0 Å². The Morgan fingerprint density at radius 2 is 1.52 bits per heavy atom. The van der Waals surface area contributed by atoms with Crippen molar-refractivity contribution in [3.63, 3.8) is 0 Å². The molecule has 0 amide bonds. The zero-order valence-corrected chi connectivity index (χ0v) is 13.3. The Balaban J connectivity index is 2.53. The second-order valence-corrected chi connectivity index (χ2v) is 8.85. The minimum absolute atomic E-state index is 0.182. The molecule has 0 spiro atoms. The number of hydrogen-bond acceptors (Lipinski definition) is 4. The Kier molecular flexibility index (Phi) is 4.75. The molecule has 1 fully saturated rings. The van der Waals surface area contributed by atoms with Gasteiger partial charge in [-0.2, -0.15) is 17.5 Å². The van der Waals surface area contributed by atoms with Crippen LogP contribution in [0, 0.1) is 5.82 Å². The summed E-state index contributed by atoms with van der Waals surface area (Å²) in [6.45, 7) is 0.363. The minimum atomic E-state index is -5.98. The molecule has 0 bridgehead atoms. The van der Waals surface area contributed by atoms with Gasteiger partial charge in [-0.1, -0.05) is 6.42 Å². The van der Waals surface area contributed by atoms with Crippen LogP contribution >= 0.6 is 0 Å². The maximum Gasteiger partial charge on any atom is 0.502 e. The predicted molar refractivity (Wildman–Crippen MR) is 72.3 cm³/mol. The molecule has 11 heteroatoms. The number of sulfonamides is 1. The summed E-state index contributed by atoms with van der Waals surface area (Å²) >= 11 is 0. The first-order valence-electron chi connectivity index (χ1n) is 6.59. The molecular weight excluding hydrogens is 362 g/mol. The Morgan fingerprint density at radius 3 is 2.04 bits per heavy atom. The van der Waals surface area contributed by atoms with Crippen molar-refractivity contribution in [1.29, 1.82) is 0 Å². The van der Waals surface area contributed by atoms with Crippen molar-refractivity contribution in [2.24, 2.45) is 0 Å². The van der Waals surface area contributed by atoms with Crippen molar-refractivity contribution in [2.75, 3.05) is 13.1 Å². The quantitative estimate of drug-likeness (QED) is 0.760. The van der Waals surface area contributed by atoms with E-state index >= 15 is 0 Å². The van der Waals surface area contributed by atoms with Gasteiger partial charge in [-0.05, 0) is 31.0 Å². The van der Waals surface area contributed by atoms with Crippen molar-refractivity contribution in [2.45, 2.75) is 34.6 Å². The van der Waals surface area contributed by atoms with Gasteiger partial charge in [0.15, 0.2) is 0 Å². The molecule has 1 aromatic rings. The Labute approximate surface area is 130 Å². The van der Waals surface area contributed by atoms with Gasteiger partial charge >= 0.3 is 5.51 Å². The molecule has 0 N–H and O–H groups in total. The van der Waals surface area contributed by atoms with Crippen LogP contribution in [0.5, 0.6) is 0 Å². The van der Waals surface area contributed by atoms with E-state index in [2.05, 4.69) is 0 Å². The van der Waals surface area contributed by atoms with Gasteiger partial charge in [-0.3, -0.25) is 0 Å². The first kappa shape index (κ1) is 18.1. The van der Waals surface area contributed by atoms with E-state index in [-0.39, 0.29) is 19.2 Å². The van der Waals surface area contributed by atoms with Crippen molar-refractivity contribution in [1.82, 2.24) is 4.31 Å². The summed E-state index contributed by atoms with van der Waals surface area (Å²) in [4.78, 5) is -2.37. The first-order valence-corrected chi connectivity index (χ1v) is 9.51. The number of halogens is 4.